The third-order valence-electron chi connectivity index (χ3n) is 3.28. The molecule has 96 valence electrons. The lowest BCUT2D eigenvalue weighted by molar-refractivity contribution is 0.103. The van der Waals surface area contributed by atoms with Gasteiger partial charge < -0.3 is 5.73 Å². The number of nitrogens with zero attached hydrogens (tertiary/aromatic N) is 1. The van der Waals surface area contributed by atoms with Crippen molar-refractivity contribution in [2.45, 2.75) is 12.8 Å². The van der Waals surface area contributed by atoms with E-state index >= 15 is 0 Å². The van der Waals surface area contributed by atoms with Gasteiger partial charge in [-0.15, -0.1) is 0 Å². The zero-order valence-electron chi connectivity index (χ0n) is 9.91. The lowest BCUT2D eigenvalue weighted by Crippen LogP contribution is -2.07. The summed E-state index contributed by atoms with van der Waals surface area (Å²) < 4.78 is 0.877. The normalized spacial score (nSPS) is 13.7. The minimum absolute atomic E-state index is 0.0848. The number of aryl methyl sites for hydroxylation is 2. The van der Waals surface area contributed by atoms with Gasteiger partial charge in [-0.3, -0.25) is 9.78 Å². The number of carbonyl (C=O) groups is 1. The van der Waals surface area contributed by atoms with E-state index in [9.17, 15) is 4.79 Å². The number of nitrogen functional groups attached to an aromatic ring is 1. The molecular weight excluding hydrogens is 328 g/mol. The van der Waals surface area contributed by atoms with Crippen LogP contribution in [0.15, 0.2) is 28.9 Å². The number of pyridine rings is 1. The molecule has 0 fully saturated rings. The number of aromatic nitrogens is 1. The van der Waals surface area contributed by atoms with Gasteiger partial charge >= 0.3 is 0 Å². The lowest BCUT2D eigenvalue weighted by Gasteiger charge is -2.07. The molecule has 0 spiro atoms. The monoisotopic (exact) mass is 336 g/mol. The third-order valence-corrected chi connectivity index (χ3v) is 4.04. The van der Waals surface area contributed by atoms with Crippen LogP contribution in [0.2, 0.25) is 5.02 Å². The fourth-order valence-electron chi connectivity index (χ4n) is 2.32. The molecule has 0 amide bonds. The predicted molar refractivity (Wildman–Crippen MR) is 78.6 cm³/mol. The van der Waals surface area contributed by atoms with Gasteiger partial charge in [0.25, 0.3) is 0 Å². The molecule has 1 aromatic heterocycles. The highest BCUT2D eigenvalue weighted by Gasteiger charge is 2.23. The van der Waals surface area contributed by atoms with Crippen LogP contribution in [-0.2, 0) is 12.8 Å². The van der Waals surface area contributed by atoms with Crippen LogP contribution >= 0.6 is 27.5 Å². The summed E-state index contributed by atoms with van der Waals surface area (Å²) in [5, 5.41) is 0.492. The minimum Gasteiger partial charge on any atom is -0.398 e. The molecule has 5 heteroatoms. The Kier molecular flexibility index (Phi) is 3.07. The topological polar surface area (TPSA) is 56.0 Å². The Hall–Kier alpha value is -1.39. The van der Waals surface area contributed by atoms with Crippen molar-refractivity contribution in [3.63, 3.8) is 0 Å². The van der Waals surface area contributed by atoms with Gasteiger partial charge in [0.15, 0.2) is 0 Å². The highest BCUT2D eigenvalue weighted by molar-refractivity contribution is 9.10. The number of ketones is 1. The van der Waals surface area contributed by atoms with Crippen LogP contribution in [0.5, 0.6) is 0 Å². The number of hydrogen-bond acceptors (Lipinski definition) is 3. The van der Waals surface area contributed by atoms with E-state index in [1.165, 1.54) is 0 Å². The van der Waals surface area contributed by atoms with Crippen LogP contribution in [0, 0.1) is 0 Å². The van der Waals surface area contributed by atoms with E-state index in [0.29, 0.717) is 22.0 Å². The molecule has 1 aliphatic rings. The van der Waals surface area contributed by atoms with Crippen LogP contribution in [0.3, 0.4) is 0 Å². The highest BCUT2D eigenvalue weighted by Crippen LogP contribution is 2.30. The average molecular weight is 338 g/mol. The Morgan fingerprint density at radius 1 is 1.21 bits per heavy atom. The summed E-state index contributed by atoms with van der Waals surface area (Å²) in [5.41, 5.74) is 9.20. The van der Waals surface area contributed by atoms with Crippen LogP contribution < -0.4 is 5.73 Å². The standard InChI is InChI=1S/C14H10BrClN2O/c15-9-3-8-2-1-7-4-11(16)12(17)5-10(7)14(19)13(8)18-6-9/h3-6H,1-2,17H2. The highest BCUT2D eigenvalue weighted by atomic mass is 79.9. The fraction of sp³-hybridized carbons (Fsp3) is 0.143. The summed E-state index contributed by atoms with van der Waals surface area (Å²) in [4.78, 5) is 16.8. The maximum absolute atomic E-state index is 12.5. The summed E-state index contributed by atoms with van der Waals surface area (Å²) in [6.07, 6.45) is 3.16. The van der Waals surface area contributed by atoms with Crippen LogP contribution in [-0.4, -0.2) is 10.8 Å². The smallest absolute Gasteiger partial charge is 0.211 e. The Balaban J connectivity index is 2.20. The first-order valence-corrected chi connectivity index (χ1v) is 7.00. The largest absolute Gasteiger partial charge is 0.398 e. The molecule has 0 radical (unpaired) electrons. The molecule has 2 aromatic rings. The maximum atomic E-state index is 12.5. The SMILES string of the molecule is Nc1cc2c(cc1Cl)CCc1cc(Br)cnc1C2=O. The van der Waals surface area contributed by atoms with Gasteiger partial charge in [-0.25, -0.2) is 0 Å². The molecule has 0 bridgehead atoms. The molecule has 3 rings (SSSR count). The molecule has 1 aromatic carbocycles. The number of benzene rings is 1. The van der Waals surface area contributed by atoms with E-state index in [2.05, 4.69) is 20.9 Å². The lowest BCUT2D eigenvalue weighted by atomic mass is 10.0. The first kappa shape index (κ1) is 12.6. The van der Waals surface area contributed by atoms with E-state index in [0.717, 1.165) is 28.4 Å². The summed E-state index contributed by atoms with van der Waals surface area (Å²) in [7, 11) is 0. The van der Waals surface area contributed by atoms with E-state index in [1.54, 1.807) is 18.3 Å². The number of anilines is 1. The fourth-order valence-corrected chi connectivity index (χ4v) is 2.89. The second-order valence-electron chi connectivity index (χ2n) is 4.52. The van der Waals surface area contributed by atoms with Gasteiger partial charge in [0.05, 0.1) is 10.7 Å². The van der Waals surface area contributed by atoms with E-state index in [-0.39, 0.29) is 5.78 Å². The van der Waals surface area contributed by atoms with Crippen molar-refractivity contribution in [2.24, 2.45) is 0 Å². The zero-order chi connectivity index (χ0) is 13.6. The van der Waals surface area contributed by atoms with E-state index in [1.807, 2.05) is 6.07 Å². The Morgan fingerprint density at radius 2 is 1.95 bits per heavy atom. The van der Waals surface area contributed by atoms with Crippen molar-refractivity contribution < 1.29 is 4.79 Å². The molecule has 1 heterocycles. The Morgan fingerprint density at radius 3 is 2.74 bits per heavy atom. The summed E-state index contributed by atoms with van der Waals surface area (Å²) in [6.45, 7) is 0. The van der Waals surface area contributed by atoms with E-state index in [4.69, 9.17) is 17.3 Å². The number of fused-ring (bicyclic) bond motifs is 2. The number of carbonyl (C=O) groups excluding carboxylic acids is 1. The number of halogens is 2. The molecule has 2 N–H and O–H groups in total. The minimum atomic E-state index is -0.0848. The average Bonchev–Trinajstić information content (AvgIpc) is 2.50. The molecule has 0 aliphatic heterocycles. The van der Waals surface area contributed by atoms with Gasteiger partial charge in [0.2, 0.25) is 5.78 Å². The van der Waals surface area contributed by atoms with Crippen molar-refractivity contribution in [3.8, 4) is 0 Å². The molecular formula is C14H10BrClN2O. The van der Waals surface area contributed by atoms with Crippen molar-refractivity contribution in [2.75, 3.05) is 5.73 Å². The first-order chi connectivity index (χ1) is 9.06. The number of hydrogen-bond donors (Lipinski definition) is 1. The van der Waals surface area contributed by atoms with E-state index < -0.39 is 0 Å². The van der Waals surface area contributed by atoms with Crippen molar-refractivity contribution in [1.29, 1.82) is 0 Å². The zero-order valence-corrected chi connectivity index (χ0v) is 12.3. The van der Waals surface area contributed by atoms with Crippen LogP contribution in [0.1, 0.15) is 27.2 Å². The predicted octanol–water partition coefficient (Wildman–Crippen LogP) is 3.41. The molecule has 0 atom stereocenters. The molecule has 0 saturated heterocycles. The molecule has 0 saturated carbocycles. The second-order valence-corrected chi connectivity index (χ2v) is 5.84. The van der Waals surface area contributed by atoms with Crippen LogP contribution in [0.25, 0.3) is 0 Å². The van der Waals surface area contributed by atoms with Crippen molar-refractivity contribution in [3.05, 3.63) is 56.3 Å². The van der Waals surface area contributed by atoms with Crippen molar-refractivity contribution >= 4 is 39.0 Å². The quantitative estimate of drug-likeness (QED) is 0.750. The van der Waals surface area contributed by atoms with Gasteiger partial charge in [-0.05, 0) is 58.1 Å². The molecule has 3 nitrogen and oxygen atoms in total. The number of rotatable bonds is 0. The van der Waals surface area contributed by atoms with Gasteiger partial charge in [0.1, 0.15) is 5.69 Å². The first-order valence-electron chi connectivity index (χ1n) is 5.83. The summed E-state index contributed by atoms with van der Waals surface area (Å²) >= 11 is 9.40. The van der Waals surface area contributed by atoms with Gasteiger partial charge in [0, 0.05) is 16.2 Å². The van der Waals surface area contributed by atoms with Crippen molar-refractivity contribution in [1.82, 2.24) is 4.98 Å². The molecule has 0 unspecified atom stereocenters. The second kappa shape index (κ2) is 4.62. The Bertz CT molecular complexity index is 700. The molecule has 19 heavy (non-hydrogen) atoms. The van der Waals surface area contributed by atoms with Gasteiger partial charge in [-0.2, -0.15) is 0 Å². The molecule has 1 aliphatic carbocycles. The summed E-state index contributed by atoms with van der Waals surface area (Å²) in [6, 6.07) is 5.38. The number of nitrogens with two attached hydrogens (primary N) is 1. The maximum Gasteiger partial charge on any atom is 0.211 e. The summed E-state index contributed by atoms with van der Waals surface area (Å²) in [5.74, 6) is -0.0848. The Labute approximate surface area is 123 Å². The van der Waals surface area contributed by atoms with Gasteiger partial charge in [-0.1, -0.05) is 11.6 Å². The van der Waals surface area contributed by atoms with Crippen LogP contribution in [0.4, 0.5) is 5.69 Å². The third kappa shape index (κ3) is 2.15.